The second-order valence-electron chi connectivity index (χ2n) is 6.07. The number of nitrogens with one attached hydrogen (secondary N) is 1. The van der Waals surface area contributed by atoms with E-state index in [9.17, 15) is 22.0 Å². The van der Waals surface area contributed by atoms with Gasteiger partial charge >= 0.3 is 6.61 Å². The molecule has 0 aliphatic carbocycles. The average molecular weight is 433 g/mol. The number of rotatable bonds is 7. The Labute approximate surface area is 167 Å². The van der Waals surface area contributed by atoms with E-state index in [4.69, 9.17) is 11.6 Å². The number of sulfonamides is 1. The van der Waals surface area contributed by atoms with Crippen molar-refractivity contribution in [3.05, 3.63) is 58.6 Å². The molecule has 10 heteroatoms. The Morgan fingerprint density at radius 2 is 1.75 bits per heavy atom. The minimum atomic E-state index is -3.73. The number of amides is 1. The molecule has 0 saturated heterocycles. The summed E-state index contributed by atoms with van der Waals surface area (Å²) in [5, 5.41) is 2.80. The van der Waals surface area contributed by atoms with E-state index in [1.807, 2.05) is 0 Å². The second-order valence-corrected chi connectivity index (χ2v) is 8.63. The van der Waals surface area contributed by atoms with Gasteiger partial charge in [0.15, 0.2) is 0 Å². The van der Waals surface area contributed by atoms with Crippen LogP contribution < -0.4 is 10.1 Å². The second kappa shape index (κ2) is 8.85. The molecule has 2 aromatic rings. The van der Waals surface area contributed by atoms with Crippen molar-refractivity contribution >= 4 is 27.5 Å². The van der Waals surface area contributed by atoms with Crippen LogP contribution >= 0.6 is 11.6 Å². The van der Waals surface area contributed by atoms with Crippen LogP contribution in [0.3, 0.4) is 0 Å². The van der Waals surface area contributed by atoms with Crippen LogP contribution in [0, 0.1) is 0 Å². The van der Waals surface area contributed by atoms with Crippen molar-refractivity contribution in [3.8, 4) is 5.75 Å². The molecule has 1 N–H and O–H groups in total. The Balaban J connectivity index is 2.20. The highest BCUT2D eigenvalue weighted by Crippen LogP contribution is 2.24. The molecule has 1 unspecified atom stereocenters. The molecule has 6 nitrogen and oxygen atoms in total. The lowest BCUT2D eigenvalue weighted by atomic mass is 10.1. The minimum Gasteiger partial charge on any atom is -0.435 e. The first-order chi connectivity index (χ1) is 13.0. The maximum Gasteiger partial charge on any atom is 0.387 e. The number of halogens is 3. The normalized spacial score (nSPS) is 12.9. The summed E-state index contributed by atoms with van der Waals surface area (Å²) < 4.78 is 54.2. The topological polar surface area (TPSA) is 75.7 Å². The molecule has 28 heavy (non-hydrogen) atoms. The van der Waals surface area contributed by atoms with E-state index >= 15 is 0 Å². The third-order valence-electron chi connectivity index (χ3n) is 3.91. The summed E-state index contributed by atoms with van der Waals surface area (Å²) in [4.78, 5) is 12.5. The molecule has 0 aromatic heterocycles. The van der Waals surface area contributed by atoms with Gasteiger partial charge in [-0.3, -0.25) is 4.79 Å². The lowest BCUT2D eigenvalue weighted by Gasteiger charge is -2.17. The van der Waals surface area contributed by atoms with Gasteiger partial charge in [0, 0.05) is 14.1 Å². The van der Waals surface area contributed by atoms with Gasteiger partial charge in [-0.1, -0.05) is 23.7 Å². The van der Waals surface area contributed by atoms with Crippen molar-refractivity contribution in [3.63, 3.8) is 0 Å². The summed E-state index contributed by atoms with van der Waals surface area (Å²) in [5.74, 6) is -0.567. The predicted molar refractivity (Wildman–Crippen MR) is 101 cm³/mol. The first-order valence-corrected chi connectivity index (χ1v) is 9.92. The molecule has 2 aromatic carbocycles. The van der Waals surface area contributed by atoms with Crippen LogP contribution in [0.25, 0.3) is 0 Å². The lowest BCUT2D eigenvalue weighted by Crippen LogP contribution is -2.28. The summed E-state index contributed by atoms with van der Waals surface area (Å²) in [6, 6.07) is 9.18. The van der Waals surface area contributed by atoms with E-state index in [-0.39, 0.29) is 21.2 Å². The molecule has 0 heterocycles. The molecular weight excluding hydrogens is 414 g/mol. The zero-order valence-corrected chi connectivity index (χ0v) is 16.9. The number of carbonyl (C=O) groups excluding carboxylic acids is 1. The fraction of sp³-hybridized carbons (Fsp3) is 0.278. The smallest absolute Gasteiger partial charge is 0.387 e. The van der Waals surface area contributed by atoms with Crippen molar-refractivity contribution in [2.24, 2.45) is 0 Å². The average Bonchev–Trinajstić information content (AvgIpc) is 2.61. The molecule has 1 amide bonds. The molecular formula is C18H19ClF2N2O4S. The molecule has 0 fully saturated rings. The summed E-state index contributed by atoms with van der Waals surface area (Å²) >= 11 is 6.06. The molecule has 0 aliphatic rings. The van der Waals surface area contributed by atoms with Gasteiger partial charge in [-0.2, -0.15) is 8.78 Å². The maximum absolute atomic E-state index is 12.6. The number of hydrogen-bond donors (Lipinski definition) is 1. The molecule has 0 bridgehead atoms. The Morgan fingerprint density at radius 1 is 1.14 bits per heavy atom. The van der Waals surface area contributed by atoms with Crippen LogP contribution in [0.5, 0.6) is 5.75 Å². The largest absolute Gasteiger partial charge is 0.435 e. The van der Waals surface area contributed by atoms with E-state index in [2.05, 4.69) is 10.1 Å². The number of ether oxygens (including phenoxy) is 1. The number of nitrogens with zero attached hydrogens (tertiary/aromatic N) is 1. The molecule has 1 atom stereocenters. The zero-order valence-electron chi connectivity index (χ0n) is 15.3. The molecule has 0 saturated carbocycles. The van der Waals surface area contributed by atoms with Gasteiger partial charge in [0.25, 0.3) is 5.91 Å². The molecule has 0 radical (unpaired) electrons. The fourth-order valence-corrected chi connectivity index (χ4v) is 3.48. The van der Waals surface area contributed by atoms with Crippen molar-refractivity contribution in [1.82, 2.24) is 9.62 Å². The fourth-order valence-electron chi connectivity index (χ4n) is 2.35. The van der Waals surface area contributed by atoms with Crippen molar-refractivity contribution in [2.45, 2.75) is 24.5 Å². The van der Waals surface area contributed by atoms with Crippen LogP contribution in [-0.4, -0.2) is 39.3 Å². The number of hydrogen-bond acceptors (Lipinski definition) is 4. The summed E-state index contributed by atoms with van der Waals surface area (Å²) in [6.45, 7) is -1.23. The van der Waals surface area contributed by atoms with Crippen LogP contribution in [-0.2, 0) is 10.0 Å². The SMILES string of the molecule is CC(NC(=O)c1cc(S(=O)(=O)N(C)C)ccc1Cl)c1ccc(OC(F)F)cc1. The van der Waals surface area contributed by atoms with Gasteiger partial charge in [-0.15, -0.1) is 0 Å². The van der Waals surface area contributed by atoms with Gasteiger partial charge in [-0.05, 0) is 42.8 Å². The molecule has 0 spiro atoms. The minimum absolute atomic E-state index is 0.00177. The summed E-state index contributed by atoms with van der Waals surface area (Å²) in [7, 11) is -0.961. The Morgan fingerprint density at radius 3 is 2.29 bits per heavy atom. The molecule has 2 rings (SSSR count). The van der Waals surface area contributed by atoms with Crippen LogP contribution in [0.1, 0.15) is 28.9 Å². The highest BCUT2D eigenvalue weighted by atomic mass is 35.5. The zero-order chi connectivity index (χ0) is 21.1. The summed E-state index contributed by atoms with van der Waals surface area (Å²) in [6.07, 6.45) is 0. The lowest BCUT2D eigenvalue weighted by molar-refractivity contribution is -0.0498. The van der Waals surface area contributed by atoms with Crippen LogP contribution in [0.4, 0.5) is 8.78 Å². The van der Waals surface area contributed by atoms with Gasteiger partial charge in [0.2, 0.25) is 10.0 Å². The van der Waals surface area contributed by atoms with E-state index < -0.39 is 28.6 Å². The van der Waals surface area contributed by atoms with Crippen LogP contribution in [0.15, 0.2) is 47.4 Å². The Kier molecular flexibility index (Phi) is 6.97. The monoisotopic (exact) mass is 432 g/mol. The number of benzene rings is 2. The van der Waals surface area contributed by atoms with Gasteiger partial charge in [-0.25, -0.2) is 12.7 Å². The van der Waals surface area contributed by atoms with Crippen molar-refractivity contribution in [1.29, 1.82) is 0 Å². The van der Waals surface area contributed by atoms with Crippen molar-refractivity contribution < 1.29 is 26.7 Å². The number of carbonyl (C=O) groups is 1. The van der Waals surface area contributed by atoms with Gasteiger partial charge < -0.3 is 10.1 Å². The van der Waals surface area contributed by atoms with E-state index in [0.29, 0.717) is 5.56 Å². The summed E-state index contributed by atoms with van der Waals surface area (Å²) in [5.41, 5.74) is 0.650. The predicted octanol–water partition coefficient (Wildman–Crippen LogP) is 3.68. The molecule has 152 valence electrons. The van der Waals surface area contributed by atoms with E-state index in [1.165, 1.54) is 56.6 Å². The van der Waals surface area contributed by atoms with Crippen molar-refractivity contribution in [2.75, 3.05) is 14.1 Å². The maximum atomic E-state index is 12.6. The highest BCUT2D eigenvalue weighted by molar-refractivity contribution is 7.89. The van der Waals surface area contributed by atoms with Gasteiger partial charge in [0.1, 0.15) is 5.75 Å². The highest BCUT2D eigenvalue weighted by Gasteiger charge is 2.21. The standard InChI is InChI=1S/C18H19ClF2N2O4S/c1-11(12-4-6-13(7-5-12)27-18(20)21)22-17(24)15-10-14(8-9-16(15)19)28(25,26)23(2)3/h4-11,18H,1-3H3,(H,22,24). The first kappa shape index (κ1) is 22.1. The van der Waals surface area contributed by atoms with E-state index in [1.54, 1.807) is 6.92 Å². The quantitative estimate of drug-likeness (QED) is 0.724. The Bertz CT molecular complexity index is 951. The third kappa shape index (κ3) is 5.18. The third-order valence-corrected chi connectivity index (χ3v) is 6.05. The van der Waals surface area contributed by atoms with Crippen LogP contribution in [0.2, 0.25) is 5.02 Å². The van der Waals surface area contributed by atoms with E-state index in [0.717, 1.165) is 4.31 Å². The Hall–Kier alpha value is -2.23. The number of alkyl halides is 2. The first-order valence-electron chi connectivity index (χ1n) is 8.10. The van der Waals surface area contributed by atoms with Gasteiger partial charge in [0.05, 0.1) is 21.5 Å². The molecule has 0 aliphatic heterocycles.